The highest BCUT2D eigenvalue weighted by Crippen LogP contribution is 2.40. The number of carbonyl (C=O) groups excluding carboxylic acids is 1. The number of ether oxygens (including phenoxy) is 1. The van der Waals surface area contributed by atoms with Crippen molar-refractivity contribution in [2.75, 3.05) is 26.2 Å². The summed E-state index contributed by atoms with van der Waals surface area (Å²) >= 11 is 7.70. The standard InChI is InChI=1S/C23H23ClFN5O4S/c1-12(31)27-10-23-7-14(9-34-23)30(11-23)8-17-18(22(32)33)19(15-3-2-13(25)6-16(15)24)29-20(28-17)21-26-4-5-35-21/h2-6,14,19H,7-11H2,1H3,(H,27,31)(H,28,29)(H,32,33)/t14?,19-,23?/m0/s1. The number of benzene rings is 1. The number of nitrogens with one attached hydrogen (secondary N) is 2. The summed E-state index contributed by atoms with van der Waals surface area (Å²) in [6.45, 7) is 3.20. The first-order valence-electron chi connectivity index (χ1n) is 11.0. The van der Waals surface area contributed by atoms with Gasteiger partial charge in [-0.2, -0.15) is 0 Å². The van der Waals surface area contributed by atoms with Gasteiger partial charge in [-0.05, 0) is 18.6 Å². The predicted octanol–water partition coefficient (Wildman–Crippen LogP) is 2.34. The second-order valence-electron chi connectivity index (χ2n) is 8.87. The van der Waals surface area contributed by atoms with Gasteiger partial charge in [-0.15, -0.1) is 11.3 Å². The monoisotopic (exact) mass is 519 g/mol. The molecule has 0 spiro atoms. The number of likely N-dealkylation sites (tertiary alicyclic amines) is 1. The Bertz CT molecular complexity index is 1240. The number of nitrogens with zero attached hydrogens (tertiary/aromatic N) is 3. The summed E-state index contributed by atoms with van der Waals surface area (Å²) in [5.41, 5.74) is 0.400. The van der Waals surface area contributed by atoms with Crippen LogP contribution in [0, 0.1) is 5.82 Å². The number of aromatic nitrogens is 1. The number of amidine groups is 1. The van der Waals surface area contributed by atoms with Crippen LogP contribution in [0.4, 0.5) is 4.39 Å². The van der Waals surface area contributed by atoms with Crippen LogP contribution in [0.5, 0.6) is 0 Å². The number of fused-ring (bicyclic) bond motifs is 2. The maximum atomic E-state index is 13.7. The van der Waals surface area contributed by atoms with Crippen molar-refractivity contribution in [2.24, 2.45) is 4.99 Å². The van der Waals surface area contributed by atoms with E-state index in [4.69, 9.17) is 16.3 Å². The number of carboxylic acids is 1. The lowest BCUT2D eigenvalue weighted by molar-refractivity contribution is -0.133. The molecule has 1 aromatic carbocycles. The Labute approximate surface area is 209 Å². The van der Waals surface area contributed by atoms with Crippen LogP contribution >= 0.6 is 22.9 Å². The lowest BCUT2D eigenvalue weighted by Gasteiger charge is -2.35. The van der Waals surface area contributed by atoms with Crippen molar-refractivity contribution < 1.29 is 23.8 Å². The van der Waals surface area contributed by atoms with Gasteiger partial charge in [-0.1, -0.05) is 17.7 Å². The first-order valence-corrected chi connectivity index (χ1v) is 12.3. The number of rotatable bonds is 7. The lowest BCUT2D eigenvalue weighted by Crippen LogP contribution is -2.50. The molecule has 2 saturated heterocycles. The number of carboxylic acid groups (broad SMARTS) is 1. The van der Waals surface area contributed by atoms with Gasteiger partial charge in [0.1, 0.15) is 11.9 Å². The molecule has 2 unspecified atom stereocenters. The van der Waals surface area contributed by atoms with Gasteiger partial charge in [0, 0.05) is 60.5 Å². The zero-order chi connectivity index (χ0) is 24.7. The van der Waals surface area contributed by atoms with E-state index < -0.39 is 23.4 Å². The number of thiazole rings is 1. The van der Waals surface area contributed by atoms with E-state index in [9.17, 15) is 19.1 Å². The molecule has 3 aliphatic heterocycles. The highest BCUT2D eigenvalue weighted by Gasteiger charge is 2.51. The molecule has 3 N–H and O–H groups in total. The molecule has 4 heterocycles. The van der Waals surface area contributed by atoms with Crippen LogP contribution in [-0.2, 0) is 14.3 Å². The average Bonchev–Trinajstić information content (AvgIpc) is 3.54. The smallest absolute Gasteiger partial charge is 0.335 e. The summed E-state index contributed by atoms with van der Waals surface area (Å²) in [6.07, 6.45) is 2.38. The molecule has 1 aromatic heterocycles. The number of aliphatic imine (C=N–C) groups is 1. The number of amides is 1. The molecule has 12 heteroatoms. The van der Waals surface area contributed by atoms with Gasteiger partial charge in [-0.25, -0.2) is 14.2 Å². The largest absolute Gasteiger partial charge is 0.478 e. The molecule has 9 nitrogen and oxygen atoms in total. The molecule has 2 fully saturated rings. The van der Waals surface area contributed by atoms with Crippen molar-refractivity contribution in [2.45, 2.75) is 31.0 Å². The van der Waals surface area contributed by atoms with E-state index in [1.807, 2.05) is 0 Å². The molecule has 0 radical (unpaired) electrons. The summed E-state index contributed by atoms with van der Waals surface area (Å²) in [4.78, 5) is 35.1. The number of aliphatic carboxylic acids is 1. The quantitative estimate of drug-likeness (QED) is 0.514. The number of morpholine rings is 1. The lowest BCUT2D eigenvalue weighted by atomic mass is 9.95. The SMILES string of the molecule is CC(=O)NCC12CC(CO1)N(CC1=C(C(=O)O)[C@H](c3ccc(F)cc3Cl)N=C(c3nccs3)N1)C2. The van der Waals surface area contributed by atoms with E-state index in [-0.39, 0.29) is 22.5 Å². The zero-order valence-electron chi connectivity index (χ0n) is 18.8. The Morgan fingerprint density at radius 2 is 2.29 bits per heavy atom. The van der Waals surface area contributed by atoms with Crippen LogP contribution in [0.15, 0.2) is 46.0 Å². The summed E-state index contributed by atoms with van der Waals surface area (Å²) in [7, 11) is 0. The highest BCUT2D eigenvalue weighted by molar-refractivity contribution is 7.11. The summed E-state index contributed by atoms with van der Waals surface area (Å²) < 4.78 is 19.7. The van der Waals surface area contributed by atoms with Crippen molar-refractivity contribution in [1.29, 1.82) is 0 Å². The molecule has 3 atom stereocenters. The molecular weight excluding hydrogens is 497 g/mol. The van der Waals surface area contributed by atoms with Crippen molar-refractivity contribution in [3.8, 4) is 0 Å². The average molecular weight is 520 g/mol. The van der Waals surface area contributed by atoms with Gasteiger partial charge < -0.3 is 20.5 Å². The molecule has 0 aliphatic carbocycles. The van der Waals surface area contributed by atoms with Crippen LogP contribution in [0.2, 0.25) is 5.02 Å². The van der Waals surface area contributed by atoms with Crippen LogP contribution in [0.25, 0.3) is 0 Å². The third kappa shape index (κ3) is 4.68. The summed E-state index contributed by atoms with van der Waals surface area (Å²) in [5, 5.41) is 18.8. The number of hydrogen-bond acceptors (Lipinski definition) is 8. The Balaban J connectivity index is 1.50. The van der Waals surface area contributed by atoms with Crippen molar-refractivity contribution in [3.05, 3.63) is 62.5 Å². The van der Waals surface area contributed by atoms with E-state index in [0.717, 1.165) is 12.5 Å². The van der Waals surface area contributed by atoms with E-state index in [0.29, 0.717) is 48.3 Å². The van der Waals surface area contributed by atoms with E-state index in [1.165, 1.54) is 30.4 Å². The molecule has 184 valence electrons. The third-order valence-corrected chi connectivity index (χ3v) is 7.57. The molecule has 3 aliphatic rings. The fourth-order valence-electron chi connectivity index (χ4n) is 4.89. The highest BCUT2D eigenvalue weighted by atomic mass is 35.5. The molecule has 2 aromatic rings. The number of carbonyl (C=O) groups is 2. The molecule has 2 bridgehead atoms. The normalized spacial score (nSPS) is 26.0. The third-order valence-electron chi connectivity index (χ3n) is 6.47. The Morgan fingerprint density at radius 3 is 2.97 bits per heavy atom. The second-order valence-corrected chi connectivity index (χ2v) is 10.2. The molecular formula is C23H23ClFN5O4S. The van der Waals surface area contributed by atoms with Crippen molar-refractivity contribution in [1.82, 2.24) is 20.5 Å². The minimum atomic E-state index is -1.15. The van der Waals surface area contributed by atoms with Gasteiger partial charge in [0.2, 0.25) is 5.91 Å². The van der Waals surface area contributed by atoms with E-state index in [2.05, 4.69) is 25.5 Å². The van der Waals surface area contributed by atoms with Gasteiger partial charge in [-0.3, -0.25) is 14.7 Å². The van der Waals surface area contributed by atoms with Crippen LogP contribution in [0.1, 0.15) is 30.0 Å². The Hall–Kier alpha value is -2.86. The second kappa shape index (κ2) is 9.30. The summed E-state index contributed by atoms with van der Waals surface area (Å²) in [5.74, 6) is -1.36. The van der Waals surface area contributed by atoms with Crippen LogP contribution in [0.3, 0.4) is 0 Å². The van der Waals surface area contributed by atoms with Crippen molar-refractivity contribution >= 4 is 40.6 Å². The molecule has 0 saturated carbocycles. The number of hydrogen-bond donors (Lipinski definition) is 3. The van der Waals surface area contributed by atoms with Crippen molar-refractivity contribution in [3.63, 3.8) is 0 Å². The van der Waals surface area contributed by atoms with E-state index in [1.54, 1.807) is 11.6 Å². The minimum Gasteiger partial charge on any atom is -0.478 e. The van der Waals surface area contributed by atoms with E-state index >= 15 is 0 Å². The van der Waals surface area contributed by atoms with Gasteiger partial charge >= 0.3 is 5.97 Å². The fraction of sp³-hybridized carbons (Fsp3) is 0.391. The fourth-order valence-corrected chi connectivity index (χ4v) is 5.74. The minimum absolute atomic E-state index is 0.0402. The zero-order valence-corrected chi connectivity index (χ0v) is 20.3. The topological polar surface area (TPSA) is 116 Å². The summed E-state index contributed by atoms with van der Waals surface area (Å²) in [6, 6.07) is 3.00. The maximum Gasteiger partial charge on any atom is 0.335 e. The molecule has 1 amide bonds. The first kappa shape index (κ1) is 23.9. The van der Waals surface area contributed by atoms with Gasteiger partial charge in [0.15, 0.2) is 10.8 Å². The Kier molecular flexibility index (Phi) is 6.34. The van der Waals surface area contributed by atoms with Gasteiger partial charge in [0.25, 0.3) is 0 Å². The number of halogens is 2. The Morgan fingerprint density at radius 1 is 1.46 bits per heavy atom. The van der Waals surface area contributed by atoms with Gasteiger partial charge in [0.05, 0.1) is 17.8 Å². The predicted molar refractivity (Wildman–Crippen MR) is 128 cm³/mol. The maximum absolute atomic E-state index is 13.7. The first-order chi connectivity index (χ1) is 16.7. The molecule has 5 rings (SSSR count). The van der Waals surface area contributed by atoms with Crippen LogP contribution in [-0.4, -0.2) is 70.6 Å². The molecule has 35 heavy (non-hydrogen) atoms. The van der Waals surface area contributed by atoms with Crippen LogP contribution < -0.4 is 10.6 Å².